The molecule has 1 aliphatic heterocycles. The molecule has 6 heteroatoms. The quantitative estimate of drug-likeness (QED) is 0.799. The molecule has 0 N–H and O–H groups in total. The van der Waals surface area contributed by atoms with E-state index in [2.05, 4.69) is 4.74 Å². The smallest absolute Gasteiger partial charge is 0.328 e. The molecule has 2 rings (SSSR count). The fraction of sp³-hybridized carbons (Fsp3) is 0.429. The molecule has 0 saturated carbocycles. The van der Waals surface area contributed by atoms with Crippen molar-refractivity contribution in [3.63, 3.8) is 0 Å². The molecule has 1 saturated heterocycles. The van der Waals surface area contributed by atoms with Crippen LogP contribution in [-0.2, 0) is 14.3 Å². The topological polar surface area (TPSA) is 46.6 Å². The number of rotatable bonds is 3. The Labute approximate surface area is 115 Å². The van der Waals surface area contributed by atoms with Crippen molar-refractivity contribution in [2.24, 2.45) is 0 Å². The van der Waals surface area contributed by atoms with Crippen molar-refractivity contribution in [1.29, 1.82) is 0 Å². The normalized spacial score (nSPS) is 20.1. The Kier molecular flexibility index (Phi) is 4.01. The number of hydrogen-bond donors (Lipinski definition) is 0. The van der Waals surface area contributed by atoms with E-state index in [9.17, 15) is 18.4 Å². The molecule has 1 heterocycles. The molecule has 4 nitrogen and oxygen atoms in total. The van der Waals surface area contributed by atoms with Gasteiger partial charge < -0.3 is 9.64 Å². The Balaban J connectivity index is 2.35. The fourth-order valence-electron chi connectivity index (χ4n) is 2.55. The molecular weight excluding hydrogens is 268 g/mol. The van der Waals surface area contributed by atoms with Crippen molar-refractivity contribution < 1.29 is 23.1 Å². The summed E-state index contributed by atoms with van der Waals surface area (Å²) >= 11 is 0. The van der Waals surface area contributed by atoms with Crippen LogP contribution >= 0.6 is 0 Å². The Morgan fingerprint density at radius 3 is 2.80 bits per heavy atom. The van der Waals surface area contributed by atoms with E-state index in [4.69, 9.17) is 0 Å². The standard InChI is InChI=1S/C14H15F2NO3/c1-8(9-4-3-5-10(15)13(9)16)17-11(14(19)20-2)6-7-12(17)18/h3-5,8,11H,6-7H2,1-2H3. The number of nitrogens with zero attached hydrogens (tertiary/aromatic N) is 1. The molecular formula is C14H15F2NO3. The first-order chi connectivity index (χ1) is 9.47. The molecule has 0 aromatic heterocycles. The van der Waals surface area contributed by atoms with Crippen LogP contribution in [0.5, 0.6) is 0 Å². The number of carbonyl (C=O) groups is 2. The number of esters is 1. The van der Waals surface area contributed by atoms with Gasteiger partial charge >= 0.3 is 5.97 Å². The van der Waals surface area contributed by atoms with Gasteiger partial charge in [0.15, 0.2) is 11.6 Å². The first-order valence-electron chi connectivity index (χ1n) is 6.30. The summed E-state index contributed by atoms with van der Waals surface area (Å²) in [4.78, 5) is 24.9. The molecule has 0 bridgehead atoms. The maximum atomic E-state index is 13.8. The maximum absolute atomic E-state index is 13.8. The summed E-state index contributed by atoms with van der Waals surface area (Å²) in [6.45, 7) is 1.57. The van der Waals surface area contributed by atoms with Gasteiger partial charge in [0.2, 0.25) is 5.91 Å². The SMILES string of the molecule is COC(=O)C1CCC(=O)N1C(C)c1cccc(F)c1F. The van der Waals surface area contributed by atoms with Gasteiger partial charge in [-0.3, -0.25) is 4.79 Å². The highest BCUT2D eigenvalue weighted by atomic mass is 19.2. The summed E-state index contributed by atoms with van der Waals surface area (Å²) in [5, 5.41) is 0. The van der Waals surface area contributed by atoms with Gasteiger partial charge in [-0.25, -0.2) is 13.6 Å². The van der Waals surface area contributed by atoms with Crippen LogP contribution < -0.4 is 0 Å². The molecule has 0 spiro atoms. The van der Waals surface area contributed by atoms with Gasteiger partial charge in [0.1, 0.15) is 6.04 Å². The molecule has 108 valence electrons. The number of hydrogen-bond acceptors (Lipinski definition) is 3. The highest BCUT2D eigenvalue weighted by molar-refractivity contribution is 5.88. The minimum atomic E-state index is -0.997. The zero-order valence-corrected chi connectivity index (χ0v) is 11.2. The lowest BCUT2D eigenvalue weighted by molar-refractivity contribution is -0.150. The molecule has 1 amide bonds. The molecule has 1 aromatic carbocycles. The van der Waals surface area contributed by atoms with E-state index in [-0.39, 0.29) is 17.9 Å². The molecule has 20 heavy (non-hydrogen) atoms. The largest absolute Gasteiger partial charge is 0.467 e. The zero-order chi connectivity index (χ0) is 14.9. The third-order valence-electron chi connectivity index (χ3n) is 3.58. The Hall–Kier alpha value is -1.98. The Morgan fingerprint density at radius 2 is 2.15 bits per heavy atom. The number of halogens is 2. The fourth-order valence-corrected chi connectivity index (χ4v) is 2.55. The van der Waals surface area contributed by atoms with Crippen LogP contribution in [0.3, 0.4) is 0 Å². The summed E-state index contributed by atoms with van der Waals surface area (Å²) in [7, 11) is 1.23. The van der Waals surface area contributed by atoms with Crippen LogP contribution in [0.4, 0.5) is 8.78 Å². The number of carbonyl (C=O) groups excluding carboxylic acids is 2. The van der Waals surface area contributed by atoms with Crippen LogP contribution in [0.15, 0.2) is 18.2 Å². The predicted molar refractivity (Wildman–Crippen MR) is 66.7 cm³/mol. The van der Waals surface area contributed by atoms with E-state index in [0.29, 0.717) is 6.42 Å². The summed E-state index contributed by atoms with van der Waals surface area (Å²) in [5.41, 5.74) is 0.0501. The monoisotopic (exact) mass is 283 g/mol. The van der Waals surface area contributed by atoms with Gasteiger partial charge in [-0.1, -0.05) is 12.1 Å². The summed E-state index contributed by atoms with van der Waals surface area (Å²) in [6.07, 6.45) is 0.522. The van der Waals surface area contributed by atoms with Crippen molar-refractivity contribution in [1.82, 2.24) is 4.90 Å². The first kappa shape index (κ1) is 14.4. The molecule has 1 fully saturated rings. The van der Waals surface area contributed by atoms with E-state index < -0.39 is 29.7 Å². The number of amides is 1. The second-order valence-electron chi connectivity index (χ2n) is 4.70. The van der Waals surface area contributed by atoms with Gasteiger partial charge in [-0.2, -0.15) is 0 Å². The highest BCUT2D eigenvalue weighted by Gasteiger charge is 2.40. The van der Waals surface area contributed by atoms with Crippen molar-refractivity contribution in [2.75, 3.05) is 7.11 Å². The van der Waals surface area contributed by atoms with Crippen LogP contribution in [0.25, 0.3) is 0 Å². The van der Waals surface area contributed by atoms with Gasteiger partial charge in [0, 0.05) is 12.0 Å². The molecule has 2 atom stereocenters. The second kappa shape index (κ2) is 5.56. The van der Waals surface area contributed by atoms with E-state index >= 15 is 0 Å². The van der Waals surface area contributed by atoms with Crippen LogP contribution in [0.1, 0.15) is 31.4 Å². The average Bonchev–Trinajstić information content (AvgIpc) is 2.82. The summed E-state index contributed by atoms with van der Waals surface area (Å²) in [6, 6.07) is 2.31. The maximum Gasteiger partial charge on any atom is 0.328 e. The zero-order valence-electron chi connectivity index (χ0n) is 11.2. The van der Waals surface area contributed by atoms with Crippen molar-refractivity contribution in [3.05, 3.63) is 35.4 Å². The average molecular weight is 283 g/mol. The van der Waals surface area contributed by atoms with Gasteiger partial charge in [-0.15, -0.1) is 0 Å². The molecule has 1 aromatic rings. The number of ether oxygens (including phenoxy) is 1. The third-order valence-corrected chi connectivity index (χ3v) is 3.58. The van der Waals surface area contributed by atoms with Gasteiger partial charge in [0.05, 0.1) is 13.2 Å². The summed E-state index contributed by atoms with van der Waals surface area (Å²) < 4.78 is 31.7. The Bertz CT molecular complexity index is 547. The van der Waals surface area contributed by atoms with E-state index in [1.165, 1.54) is 24.1 Å². The van der Waals surface area contributed by atoms with Crippen LogP contribution in [0, 0.1) is 11.6 Å². The first-order valence-corrected chi connectivity index (χ1v) is 6.30. The van der Waals surface area contributed by atoms with Crippen molar-refractivity contribution in [3.8, 4) is 0 Å². The number of benzene rings is 1. The number of likely N-dealkylation sites (tertiary alicyclic amines) is 1. The number of methoxy groups -OCH3 is 1. The highest BCUT2D eigenvalue weighted by Crippen LogP contribution is 2.32. The van der Waals surface area contributed by atoms with Crippen LogP contribution in [-0.4, -0.2) is 29.9 Å². The van der Waals surface area contributed by atoms with Crippen molar-refractivity contribution >= 4 is 11.9 Å². The molecule has 2 unspecified atom stereocenters. The lowest BCUT2D eigenvalue weighted by Crippen LogP contribution is -2.41. The second-order valence-corrected chi connectivity index (χ2v) is 4.70. The Morgan fingerprint density at radius 1 is 1.45 bits per heavy atom. The molecule has 1 aliphatic rings. The van der Waals surface area contributed by atoms with E-state index in [0.717, 1.165) is 6.07 Å². The minimum Gasteiger partial charge on any atom is -0.467 e. The van der Waals surface area contributed by atoms with Gasteiger partial charge in [-0.05, 0) is 19.4 Å². The van der Waals surface area contributed by atoms with E-state index in [1.54, 1.807) is 6.92 Å². The lowest BCUT2D eigenvalue weighted by atomic mass is 10.0. The molecule has 0 radical (unpaired) electrons. The predicted octanol–water partition coefficient (Wildman–Crippen LogP) is 2.19. The summed E-state index contributed by atoms with van der Waals surface area (Å²) in [5.74, 6) is -2.78. The lowest BCUT2D eigenvalue weighted by Gasteiger charge is -2.29. The van der Waals surface area contributed by atoms with Crippen molar-refractivity contribution in [2.45, 2.75) is 31.8 Å². The molecule has 0 aliphatic carbocycles. The van der Waals surface area contributed by atoms with Crippen LogP contribution in [0.2, 0.25) is 0 Å². The third kappa shape index (κ3) is 2.37. The minimum absolute atomic E-state index is 0.0501. The van der Waals surface area contributed by atoms with E-state index in [1.807, 2.05) is 0 Å². The van der Waals surface area contributed by atoms with Gasteiger partial charge in [0.25, 0.3) is 0 Å².